The van der Waals surface area contributed by atoms with E-state index in [9.17, 15) is 0 Å². The number of hydrogen-bond acceptors (Lipinski definition) is 11. The van der Waals surface area contributed by atoms with E-state index in [1.807, 2.05) is 181 Å². The fourth-order valence-corrected chi connectivity index (χ4v) is 13.6. The fourth-order valence-electron chi connectivity index (χ4n) is 12.4. The Morgan fingerprint density at radius 2 is 0.620 bits per heavy atom. The average Bonchev–Trinajstić information content (AvgIpc) is 0.887. The summed E-state index contributed by atoms with van der Waals surface area (Å²) in [5.74, 6) is 0. The molecule has 0 saturated heterocycles. The van der Waals surface area contributed by atoms with Gasteiger partial charge < -0.3 is 34.6 Å². The summed E-state index contributed by atoms with van der Waals surface area (Å²) in [4.78, 5) is 33.6. The molecule has 6 aromatic heterocycles. The van der Waals surface area contributed by atoms with E-state index in [4.69, 9.17) is 0 Å². The Bertz CT molecular complexity index is 5080. The van der Waals surface area contributed by atoms with E-state index >= 15 is 0 Å². The Hall–Kier alpha value is -10.5. The number of aryl methyl sites for hydroxylation is 1. The minimum atomic E-state index is 0. The third kappa shape index (κ3) is 20.4. The molecule has 0 radical (unpaired) electrons. The van der Waals surface area contributed by atoms with Crippen LogP contribution in [0.1, 0.15) is 51.0 Å². The summed E-state index contributed by atoms with van der Waals surface area (Å²) in [7, 11) is 0. The summed E-state index contributed by atoms with van der Waals surface area (Å²) < 4.78 is 0. The van der Waals surface area contributed by atoms with Crippen molar-refractivity contribution >= 4 is 73.9 Å². The molecule has 14 heteroatoms. The number of rotatable bonds is 23. The van der Waals surface area contributed by atoms with Crippen molar-refractivity contribution < 1.29 is 63.2 Å². The largest absolute Gasteiger partial charge is 2.00 e. The van der Waals surface area contributed by atoms with Gasteiger partial charge in [0.1, 0.15) is 0 Å². The Morgan fingerprint density at radius 1 is 0.278 bits per heavy atom. The summed E-state index contributed by atoms with van der Waals surface area (Å²) in [5.41, 5.74) is 21.7. The van der Waals surface area contributed by atoms with Crippen molar-refractivity contribution in [1.29, 1.82) is 0 Å². The normalized spacial score (nSPS) is 10.5. The molecule has 0 bridgehead atoms. The first-order valence-electron chi connectivity index (χ1n) is 35.3. The minimum Gasteiger partial charge on any atom is -0.346 e. The molecule has 0 unspecified atom stereocenters. The summed E-state index contributed by atoms with van der Waals surface area (Å²) in [5, 5.41) is 5.88. The van der Waals surface area contributed by atoms with E-state index in [1.54, 1.807) is 22.7 Å². The predicted molar refractivity (Wildman–Crippen MR) is 434 cm³/mol. The van der Waals surface area contributed by atoms with Crippen LogP contribution < -0.4 is 14.7 Å². The van der Waals surface area contributed by atoms with E-state index in [2.05, 4.69) is 246 Å². The van der Waals surface area contributed by atoms with Crippen molar-refractivity contribution in [3.05, 3.63) is 381 Å². The Balaban J connectivity index is 0.000000161. The third-order valence-electron chi connectivity index (χ3n) is 17.5. The van der Waals surface area contributed by atoms with Gasteiger partial charge in [0.05, 0.1) is 5.69 Å². The average molecular weight is 1980 g/mol. The SMILES string of the molecule is CCCCCCCCc1ccc(N(c2[c-]c(-c3ccccn3)ccc2)c2[c-]c(-c3ccccn3)ccc2)cc1.[Pt+2].[Pt+2].[Pt+2].[c-]1c(-c2ccccn2)cccc1N(c1[c-]c(-c2ccccn2)ccc1)c1ccccc1-c1ccccc1.[c-]1c(-c2nccs2)cccc1N(c1[c-]c(-c2nccs2)ccc1)c1ccccc1. The monoisotopic (exact) mass is 1980 g/mol. The van der Waals surface area contributed by atoms with E-state index in [-0.39, 0.29) is 63.2 Å². The zero-order chi connectivity index (χ0) is 71.0. The maximum Gasteiger partial charge on any atom is 2.00 e. The van der Waals surface area contributed by atoms with Crippen LogP contribution in [0.3, 0.4) is 0 Å². The number of para-hydroxylation sites is 2. The third-order valence-corrected chi connectivity index (χ3v) is 19.1. The molecule has 0 N–H and O–H groups in total. The number of nitrogens with zero attached hydrogens (tertiary/aromatic N) is 9. The second-order valence-electron chi connectivity index (χ2n) is 24.6. The van der Waals surface area contributed by atoms with Crippen molar-refractivity contribution in [3.63, 3.8) is 0 Å². The maximum atomic E-state index is 4.55. The molecule has 6 heterocycles. The van der Waals surface area contributed by atoms with E-state index in [1.165, 1.54) is 44.1 Å². The summed E-state index contributed by atoms with van der Waals surface area (Å²) >= 11 is 3.23. The molecule has 10 aromatic carbocycles. The number of aromatic nitrogens is 6. The van der Waals surface area contributed by atoms with Gasteiger partial charge in [-0.2, -0.15) is 22.7 Å². The van der Waals surface area contributed by atoms with Crippen LogP contribution in [0.25, 0.3) is 77.3 Å². The number of thiazole rings is 2. The standard InChI is InChI=1S/C36H35N3.C34H23N3.C24H15N3S2.3Pt/c1-2-3-4-5-6-7-14-29-21-23-32(24-22-29)39(33-17-12-15-30(27-33)35-19-8-10-25-37-35)34-18-13-16-31(28-34)36-20-9-11-26-38-36;1-2-12-26(13-3-1)31-18-4-5-21-34(31)37(29-16-10-14-27(24-29)32-19-6-8-22-35-32)30-17-11-15-28(25-30)33-20-7-9-23-36-33;1-2-8-20(9-3-1)27(21-10-4-6-18(16-21)23-25-12-14-28-23)22-11-5-7-19(17-22)24-26-13-15-29-24;;;/h8-13,15-26H,2-7,14H2,1H3;1-23H;1-15H;;;/q3*-2;3*+2. The fraction of sp³-hybridized carbons (Fsp3) is 0.0851. The van der Waals surface area contributed by atoms with E-state index in [0.29, 0.717) is 0 Å². The molecular weight excluding hydrogens is 1900 g/mol. The van der Waals surface area contributed by atoms with Crippen molar-refractivity contribution in [3.8, 4) is 77.3 Å². The number of pyridine rings is 4. The zero-order valence-electron chi connectivity index (χ0n) is 59.1. The van der Waals surface area contributed by atoms with Crippen molar-refractivity contribution in [2.24, 2.45) is 0 Å². The number of benzene rings is 10. The number of anilines is 9. The Labute approximate surface area is 685 Å². The second-order valence-corrected chi connectivity index (χ2v) is 26.4. The molecular formula is C94H73N9Pt3S2. The van der Waals surface area contributed by atoms with Crippen molar-refractivity contribution in [2.75, 3.05) is 14.7 Å². The van der Waals surface area contributed by atoms with Crippen LogP contribution in [-0.4, -0.2) is 29.9 Å². The summed E-state index contributed by atoms with van der Waals surface area (Å²) in [6, 6.07) is 121. The molecule has 16 rings (SSSR count). The van der Waals surface area contributed by atoms with Crippen LogP contribution in [-0.2, 0) is 69.6 Å². The van der Waals surface area contributed by atoms with Gasteiger partial charge in [-0.3, -0.25) is 9.97 Å². The minimum absolute atomic E-state index is 0. The summed E-state index contributed by atoms with van der Waals surface area (Å²) in [6.07, 6.45) is 19.9. The maximum absolute atomic E-state index is 4.55. The molecule has 0 amide bonds. The molecule has 0 aliphatic heterocycles. The second kappa shape index (κ2) is 40.5. The topological polar surface area (TPSA) is 87.1 Å². The van der Waals surface area contributed by atoms with Gasteiger partial charge in [0.25, 0.3) is 0 Å². The van der Waals surface area contributed by atoms with Gasteiger partial charge in [-0.05, 0) is 135 Å². The van der Waals surface area contributed by atoms with Gasteiger partial charge in [0, 0.05) is 74.9 Å². The van der Waals surface area contributed by atoms with Crippen LogP contribution in [0.15, 0.2) is 339 Å². The van der Waals surface area contributed by atoms with E-state index < -0.39 is 0 Å². The molecule has 108 heavy (non-hydrogen) atoms. The molecule has 0 fully saturated rings. The molecule has 0 atom stereocenters. The van der Waals surface area contributed by atoms with Gasteiger partial charge in [-0.1, -0.05) is 166 Å². The first kappa shape index (κ1) is 78.6. The predicted octanol–water partition coefficient (Wildman–Crippen LogP) is 25.3. The van der Waals surface area contributed by atoms with Gasteiger partial charge in [-0.25, -0.2) is 0 Å². The molecule has 0 saturated carbocycles. The molecule has 0 aliphatic carbocycles. The van der Waals surface area contributed by atoms with Gasteiger partial charge in [0.15, 0.2) is 0 Å². The summed E-state index contributed by atoms with van der Waals surface area (Å²) in [6.45, 7) is 2.27. The van der Waals surface area contributed by atoms with Crippen LogP contribution in [0.2, 0.25) is 0 Å². The Kier molecular flexibility index (Phi) is 29.5. The number of hydrogen-bond donors (Lipinski definition) is 0. The molecule has 0 aliphatic rings. The first-order chi connectivity index (χ1) is 52.1. The smallest absolute Gasteiger partial charge is 0.346 e. The zero-order valence-corrected chi connectivity index (χ0v) is 67.5. The van der Waals surface area contributed by atoms with Crippen LogP contribution >= 0.6 is 22.7 Å². The van der Waals surface area contributed by atoms with Crippen LogP contribution in [0.4, 0.5) is 51.2 Å². The van der Waals surface area contributed by atoms with Gasteiger partial charge in [0.2, 0.25) is 0 Å². The number of unbranched alkanes of at least 4 members (excludes halogenated alkanes) is 5. The molecule has 0 spiro atoms. The first-order valence-corrected chi connectivity index (χ1v) is 37.1. The quantitative estimate of drug-likeness (QED) is 0.0459. The molecule has 9 nitrogen and oxygen atoms in total. The van der Waals surface area contributed by atoms with Crippen LogP contribution in [0.5, 0.6) is 0 Å². The Morgan fingerprint density at radius 3 is 1.01 bits per heavy atom. The van der Waals surface area contributed by atoms with E-state index in [0.717, 1.165) is 135 Å². The van der Waals surface area contributed by atoms with Gasteiger partial charge in [-0.15, -0.1) is 179 Å². The van der Waals surface area contributed by atoms with Gasteiger partial charge >= 0.3 is 63.2 Å². The van der Waals surface area contributed by atoms with Crippen molar-refractivity contribution in [1.82, 2.24) is 29.9 Å². The van der Waals surface area contributed by atoms with Crippen molar-refractivity contribution in [2.45, 2.75) is 51.9 Å². The molecule has 536 valence electrons. The van der Waals surface area contributed by atoms with Crippen LogP contribution in [0, 0.1) is 36.4 Å². The molecule has 16 aromatic rings.